The molecule has 0 aliphatic rings. The highest BCUT2D eigenvalue weighted by Crippen LogP contribution is 2.22. The molecule has 0 aliphatic heterocycles. The third-order valence-corrected chi connectivity index (χ3v) is 7.08. The molecule has 0 saturated carbocycles. The Labute approximate surface area is 231 Å². The highest BCUT2D eigenvalue weighted by atomic mass is 16.5. The molecule has 0 unspecified atom stereocenters. The van der Waals surface area contributed by atoms with Crippen LogP contribution in [0.2, 0.25) is 0 Å². The van der Waals surface area contributed by atoms with Crippen LogP contribution in [0.5, 0.6) is 5.75 Å². The summed E-state index contributed by atoms with van der Waals surface area (Å²) in [5.74, 6) is 0.564. The smallest absolute Gasteiger partial charge is 0.243 e. The molecular formula is C34H38N2O3. The standard InChI is InChI=1S/C34H38N2O3/c1-3-4-22-35-34(38)32(24-26-12-6-5-7-13-26)36(25-27-14-10-18-30(23-27)39-2)33(37)21-20-29-17-11-16-28-15-8-9-19-31(28)29/h5-19,23,32H,3-4,20-22,24-25H2,1-2H3,(H,35,38)/t32-/m0/s1. The van der Waals surface area contributed by atoms with Crippen LogP contribution in [-0.2, 0) is 29.0 Å². The molecule has 5 heteroatoms. The highest BCUT2D eigenvalue weighted by molar-refractivity contribution is 5.89. The second kappa shape index (κ2) is 14.1. The number of unbranched alkanes of at least 4 members (excludes halogenated alkanes) is 1. The zero-order valence-corrected chi connectivity index (χ0v) is 22.9. The third-order valence-electron chi connectivity index (χ3n) is 7.08. The minimum atomic E-state index is -0.629. The molecule has 39 heavy (non-hydrogen) atoms. The number of benzene rings is 4. The predicted molar refractivity (Wildman–Crippen MR) is 158 cm³/mol. The Morgan fingerprint density at radius 1 is 0.872 bits per heavy atom. The summed E-state index contributed by atoms with van der Waals surface area (Å²) in [6.45, 7) is 3.02. The van der Waals surface area contributed by atoms with Gasteiger partial charge in [-0.3, -0.25) is 9.59 Å². The minimum absolute atomic E-state index is 0.0441. The van der Waals surface area contributed by atoms with E-state index in [-0.39, 0.29) is 11.8 Å². The van der Waals surface area contributed by atoms with Crippen LogP contribution in [0, 0.1) is 0 Å². The van der Waals surface area contributed by atoms with Gasteiger partial charge >= 0.3 is 0 Å². The summed E-state index contributed by atoms with van der Waals surface area (Å²) in [5, 5.41) is 5.41. The van der Waals surface area contributed by atoms with Crippen molar-refractivity contribution in [3.05, 3.63) is 114 Å². The summed E-state index contributed by atoms with van der Waals surface area (Å²) < 4.78 is 5.43. The maximum absolute atomic E-state index is 14.0. The SMILES string of the molecule is CCCCNC(=O)[C@H](Cc1ccccc1)N(Cc1cccc(OC)c1)C(=O)CCc1cccc2ccccc12. The van der Waals surface area contributed by atoms with Gasteiger partial charge in [-0.05, 0) is 52.4 Å². The van der Waals surface area contributed by atoms with E-state index in [1.807, 2.05) is 72.8 Å². The van der Waals surface area contributed by atoms with E-state index in [0.29, 0.717) is 32.4 Å². The lowest BCUT2D eigenvalue weighted by molar-refractivity contribution is -0.141. The first-order valence-electron chi connectivity index (χ1n) is 13.8. The summed E-state index contributed by atoms with van der Waals surface area (Å²) in [5.41, 5.74) is 3.08. The number of fused-ring (bicyclic) bond motifs is 1. The summed E-state index contributed by atoms with van der Waals surface area (Å²) in [7, 11) is 1.63. The van der Waals surface area contributed by atoms with Crippen molar-refractivity contribution in [2.45, 2.75) is 51.6 Å². The lowest BCUT2D eigenvalue weighted by Crippen LogP contribution is -2.50. The first kappa shape index (κ1) is 27.9. The summed E-state index contributed by atoms with van der Waals surface area (Å²) in [6, 6.07) is 31.4. The van der Waals surface area contributed by atoms with E-state index >= 15 is 0 Å². The second-order valence-electron chi connectivity index (χ2n) is 9.86. The largest absolute Gasteiger partial charge is 0.497 e. The van der Waals surface area contributed by atoms with Crippen LogP contribution >= 0.6 is 0 Å². The molecular weight excluding hydrogens is 484 g/mol. The van der Waals surface area contributed by atoms with Crippen LogP contribution in [0.3, 0.4) is 0 Å². The first-order chi connectivity index (χ1) is 19.1. The number of carbonyl (C=O) groups excluding carboxylic acids is 2. The summed E-state index contributed by atoms with van der Waals surface area (Å²) in [6.07, 6.45) is 3.24. The minimum Gasteiger partial charge on any atom is -0.497 e. The van der Waals surface area contributed by atoms with Gasteiger partial charge in [0.1, 0.15) is 11.8 Å². The van der Waals surface area contributed by atoms with Crippen molar-refractivity contribution in [2.75, 3.05) is 13.7 Å². The molecule has 4 rings (SSSR count). The molecule has 5 nitrogen and oxygen atoms in total. The Morgan fingerprint density at radius 2 is 1.59 bits per heavy atom. The Bertz CT molecular complexity index is 1360. The number of carbonyl (C=O) groups is 2. The molecule has 2 amide bonds. The van der Waals surface area contributed by atoms with Crippen LogP contribution < -0.4 is 10.1 Å². The maximum atomic E-state index is 14.0. The zero-order chi connectivity index (χ0) is 27.5. The number of nitrogens with zero attached hydrogens (tertiary/aromatic N) is 1. The third kappa shape index (κ3) is 7.70. The van der Waals surface area contributed by atoms with E-state index in [0.717, 1.165) is 46.1 Å². The van der Waals surface area contributed by atoms with Crippen molar-refractivity contribution in [1.82, 2.24) is 10.2 Å². The molecule has 0 aromatic heterocycles. The predicted octanol–water partition coefficient (Wildman–Crippen LogP) is 6.34. The van der Waals surface area contributed by atoms with Crippen molar-refractivity contribution in [2.24, 2.45) is 0 Å². The normalized spacial score (nSPS) is 11.6. The second-order valence-corrected chi connectivity index (χ2v) is 9.86. The van der Waals surface area contributed by atoms with Gasteiger partial charge in [0, 0.05) is 25.9 Å². The van der Waals surface area contributed by atoms with Gasteiger partial charge in [-0.15, -0.1) is 0 Å². The van der Waals surface area contributed by atoms with Crippen molar-refractivity contribution in [3.8, 4) is 5.75 Å². The number of amides is 2. The average Bonchev–Trinajstić information content (AvgIpc) is 2.98. The fourth-order valence-electron chi connectivity index (χ4n) is 4.92. The van der Waals surface area contributed by atoms with Gasteiger partial charge in [0.2, 0.25) is 11.8 Å². The molecule has 1 atom stereocenters. The van der Waals surface area contributed by atoms with Crippen LogP contribution in [0.4, 0.5) is 0 Å². The van der Waals surface area contributed by atoms with Crippen molar-refractivity contribution < 1.29 is 14.3 Å². The van der Waals surface area contributed by atoms with Crippen molar-refractivity contribution in [1.29, 1.82) is 0 Å². The summed E-state index contributed by atoms with van der Waals surface area (Å²) >= 11 is 0. The Kier molecular flexibility index (Phi) is 10.1. The lowest BCUT2D eigenvalue weighted by atomic mass is 9.99. The molecule has 0 heterocycles. The number of hydrogen-bond acceptors (Lipinski definition) is 3. The van der Waals surface area contributed by atoms with Crippen LogP contribution in [0.1, 0.15) is 42.9 Å². The fourth-order valence-corrected chi connectivity index (χ4v) is 4.92. The van der Waals surface area contributed by atoms with E-state index < -0.39 is 6.04 Å². The molecule has 0 spiro atoms. The Hall–Kier alpha value is -4.12. The lowest BCUT2D eigenvalue weighted by Gasteiger charge is -2.32. The fraction of sp³-hybridized carbons (Fsp3) is 0.294. The van der Waals surface area contributed by atoms with Crippen molar-refractivity contribution in [3.63, 3.8) is 0 Å². The van der Waals surface area contributed by atoms with E-state index in [4.69, 9.17) is 4.74 Å². The van der Waals surface area contributed by atoms with Gasteiger partial charge in [0.05, 0.1) is 7.11 Å². The number of nitrogens with one attached hydrogen (secondary N) is 1. The number of ether oxygens (including phenoxy) is 1. The Morgan fingerprint density at radius 3 is 2.38 bits per heavy atom. The first-order valence-corrected chi connectivity index (χ1v) is 13.8. The molecule has 1 N–H and O–H groups in total. The van der Waals surface area contributed by atoms with Gasteiger partial charge in [-0.25, -0.2) is 0 Å². The maximum Gasteiger partial charge on any atom is 0.243 e. The quantitative estimate of drug-likeness (QED) is 0.209. The van der Waals surface area contributed by atoms with Crippen LogP contribution in [0.25, 0.3) is 10.8 Å². The van der Waals surface area contributed by atoms with Gasteiger partial charge < -0.3 is 15.0 Å². The number of methoxy groups -OCH3 is 1. The molecule has 0 aliphatic carbocycles. The van der Waals surface area contributed by atoms with Crippen molar-refractivity contribution >= 4 is 22.6 Å². The summed E-state index contributed by atoms with van der Waals surface area (Å²) in [4.78, 5) is 29.4. The van der Waals surface area contributed by atoms with Gasteiger partial charge in [0.25, 0.3) is 0 Å². The van der Waals surface area contributed by atoms with Gasteiger partial charge in [-0.2, -0.15) is 0 Å². The Balaban J connectivity index is 1.64. The number of hydrogen-bond donors (Lipinski definition) is 1. The molecule has 202 valence electrons. The van der Waals surface area contributed by atoms with E-state index in [1.165, 1.54) is 0 Å². The topological polar surface area (TPSA) is 58.6 Å². The van der Waals surface area contributed by atoms with Gasteiger partial charge in [0.15, 0.2) is 0 Å². The average molecular weight is 523 g/mol. The molecule has 0 radical (unpaired) electrons. The molecule has 4 aromatic carbocycles. The van der Waals surface area contributed by atoms with Crippen LogP contribution in [0.15, 0.2) is 97.1 Å². The van der Waals surface area contributed by atoms with Gasteiger partial charge in [-0.1, -0.05) is 98.3 Å². The number of rotatable bonds is 13. The van der Waals surface area contributed by atoms with E-state index in [9.17, 15) is 9.59 Å². The van der Waals surface area contributed by atoms with E-state index in [2.05, 4.69) is 36.5 Å². The molecule has 0 fully saturated rings. The molecule has 0 saturated heterocycles. The monoisotopic (exact) mass is 522 g/mol. The van der Waals surface area contributed by atoms with E-state index in [1.54, 1.807) is 12.0 Å². The highest BCUT2D eigenvalue weighted by Gasteiger charge is 2.30. The molecule has 4 aromatic rings. The zero-order valence-electron chi connectivity index (χ0n) is 22.9. The molecule has 0 bridgehead atoms. The van der Waals surface area contributed by atoms with Crippen LogP contribution in [-0.4, -0.2) is 36.4 Å². The number of aryl methyl sites for hydroxylation is 1.